The molecule has 1 aliphatic carbocycles. The van der Waals surface area contributed by atoms with Gasteiger partial charge in [-0.05, 0) is 42.5 Å². The van der Waals surface area contributed by atoms with E-state index in [9.17, 15) is 0 Å². The third-order valence-electron chi connectivity index (χ3n) is 4.17. The lowest BCUT2D eigenvalue weighted by Gasteiger charge is -2.24. The third kappa shape index (κ3) is 1.58. The van der Waals surface area contributed by atoms with Gasteiger partial charge in [0.2, 0.25) is 0 Å². The molecular weight excluding hydrogens is 224 g/mol. The number of nitrogens with one attached hydrogen (secondary N) is 2. The molecule has 2 heterocycles. The van der Waals surface area contributed by atoms with Crippen LogP contribution in [0.2, 0.25) is 0 Å². The summed E-state index contributed by atoms with van der Waals surface area (Å²) >= 11 is 0. The Balaban J connectivity index is 1.78. The summed E-state index contributed by atoms with van der Waals surface area (Å²) in [5.74, 6) is 0. The molecule has 1 fully saturated rings. The fourth-order valence-corrected chi connectivity index (χ4v) is 3.24. The SMILES string of the molecule is c1cc2[nH]c3c(c2cc1C1CNCCO1)CCC3. The van der Waals surface area contributed by atoms with Gasteiger partial charge in [-0.15, -0.1) is 0 Å². The highest BCUT2D eigenvalue weighted by Crippen LogP contribution is 2.32. The molecular formula is C15H18N2O. The molecule has 1 aromatic carbocycles. The van der Waals surface area contributed by atoms with Gasteiger partial charge in [-0.2, -0.15) is 0 Å². The third-order valence-corrected chi connectivity index (χ3v) is 4.17. The normalized spacial score (nSPS) is 23.4. The lowest BCUT2D eigenvalue weighted by atomic mass is 10.0. The first kappa shape index (κ1) is 10.6. The topological polar surface area (TPSA) is 37.0 Å². The largest absolute Gasteiger partial charge is 0.371 e. The van der Waals surface area contributed by atoms with Gasteiger partial charge in [0, 0.05) is 29.7 Å². The van der Waals surface area contributed by atoms with E-state index in [4.69, 9.17) is 4.74 Å². The van der Waals surface area contributed by atoms with Crippen LogP contribution in [0, 0.1) is 0 Å². The Bertz CT molecular complexity index is 581. The minimum absolute atomic E-state index is 0.218. The first-order chi connectivity index (χ1) is 8.92. The number of ether oxygens (including phenoxy) is 1. The molecule has 1 atom stereocenters. The molecule has 4 rings (SSSR count). The predicted octanol–water partition coefficient (Wildman–Crippen LogP) is 2.32. The van der Waals surface area contributed by atoms with Gasteiger partial charge in [0.05, 0.1) is 12.7 Å². The molecule has 1 aliphatic heterocycles. The quantitative estimate of drug-likeness (QED) is 0.805. The molecule has 0 amide bonds. The molecule has 1 unspecified atom stereocenters. The van der Waals surface area contributed by atoms with Crippen LogP contribution in [0.3, 0.4) is 0 Å². The second kappa shape index (κ2) is 4.11. The van der Waals surface area contributed by atoms with E-state index in [-0.39, 0.29) is 6.10 Å². The molecule has 1 saturated heterocycles. The molecule has 3 heteroatoms. The van der Waals surface area contributed by atoms with Crippen LogP contribution in [0.25, 0.3) is 10.9 Å². The van der Waals surface area contributed by atoms with Crippen LogP contribution in [0.1, 0.15) is 29.3 Å². The summed E-state index contributed by atoms with van der Waals surface area (Å²) in [6, 6.07) is 6.74. The van der Waals surface area contributed by atoms with Crippen molar-refractivity contribution in [2.75, 3.05) is 19.7 Å². The molecule has 0 spiro atoms. The van der Waals surface area contributed by atoms with Gasteiger partial charge in [-0.1, -0.05) is 6.07 Å². The van der Waals surface area contributed by atoms with Crippen LogP contribution in [0.5, 0.6) is 0 Å². The number of hydrogen-bond donors (Lipinski definition) is 2. The molecule has 2 N–H and O–H groups in total. The highest BCUT2D eigenvalue weighted by molar-refractivity contribution is 5.86. The highest BCUT2D eigenvalue weighted by Gasteiger charge is 2.20. The predicted molar refractivity (Wildman–Crippen MR) is 71.9 cm³/mol. The smallest absolute Gasteiger partial charge is 0.0950 e. The maximum absolute atomic E-state index is 5.84. The summed E-state index contributed by atoms with van der Waals surface area (Å²) in [4.78, 5) is 3.55. The molecule has 2 aromatic rings. The summed E-state index contributed by atoms with van der Waals surface area (Å²) in [5, 5.41) is 4.81. The second-order valence-electron chi connectivity index (χ2n) is 5.30. The zero-order valence-electron chi connectivity index (χ0n) is 10.5. The Morgan fingerprint density at radius 1 is 1.22 bits per heavy atom. The molecule has 94 valence electrons. The van der Waals surface area contributed by atoms with Crippen molar-refractivity contribution in [3.05, 3.63) is 35.0 Å². The Hall–Kier alpha value is -1.32. The van der Waals surface area contributed by atoms with Crippen molar-refractivity contribution >= 4 is 10.9 Å². The Kier molecular flexibility index (Phi) is 2.42. The van der Waals surface area contributed by atoms with E-state index < -0.39 is 0 Å². The Morgan fingerprint density at radius 2 is 2.22 bits per heavy atom. The molecule has 18 heavy (non-hydrogen) atoms. The first-order valence-electron chi connectivity index (χ1n) is 6.87. The molecule has 0 saturated carbocycles. The maximum Gasteiger partial charge on any atom is 0.0950 e. The van der Waals surface area contributed by atoms with Crippen LogP contribution in [-0.2, 0) is 17.6 Å². The molecule has 0 radical (unpaired) electrons. The van der Waals surface area contributed by atoms with E-state index in [0.717, 1.165) is 19.7 Å². The number of benzene rings is 1. The van der Waals surface area contributed by atoms with Crippen molar-refractivity contribution in [1.82, 2.24) is 10.3 Å². The number of aromatic nitrogens is 1. The van der Waals surface area contributed by atoms with E-state index in [1.165, 1.54) is 47.0 Å². The van der Waals surface area contributed by atoms with E-state index in [0.29, 0.717) is 0 Å². The van der Waals surface area contributed by atoms with Crippen LogP contribution in [0.4, 0.5) is 0 Å². The van der Waals surface area contributed by atoms with Gasteiger partial charge in [0.15, 0.2) is 0 Å². The van der Waals surface area contributed by atoms with Crippen LogP contribution < -0.4 is 5.32 Å². The van der Waals surface area contributed by atoms with E-state index in [2.05, 4.69) is 28.5 Å². The van der Waals surface area contributed by atoms with Crippen LogP contribution in [-0.4, -0.2) is 24.7 Å². The Labute approximate surface area is 107 Å². The summed E-state index contributed by atoms with van der Waals surface area (Å²) in [5.41, 5.74) is 5.58. The maximum atomic E-state index is 5.84. The zero-order valence-corrected chi connectivity index (χ0v) is 10.5. The van der Waals surface area contributed by atoms with Gasteiger partial charge in [-0.3, -0.25) is 0 Å². The number of aromatic amines is 1. The number of rotatable bonds is 1. The van der Waals surface area contributed by atoms with Crippen molar-refractivity contribution in [3.8, 4) is 0 Å². The van der Waals surface area contributed by atoms with E-state index in [1.54, 1.807) is 0 Å². The fourth-order valence-electron chi connectivity index (χ4n) is 3.24. The average molecular weight is 242 g/mol. The number of morpholine rings is 1. The van der Waals surface area contributed by atoms with Gasteiger partial charge in [0.25, 0.3) is 0 Å². The van der Waals surface area contributed by atoms with Crippen molar-refractivity contribution in [3.63, 3.8) is 0 Å². The molecule has 1 aromatic heterocycles. The molecule has 2 aliphatic rings. The summed E-state index contributed by atoms with van der Waals surface area (Å²) < 4.78 is 5.84. The summed E-state index contributed by atoms with van der Waals surface area (Å²) in [6.07, 6.45) is 3.95. The van der Waals surface area contributed by atoms with Gasteiger partial charge in [-0.25, -0.2) is 0 Å². The van der Waals surface area contributed by atoms with Gasteiger partial charge < -0.3 is 15.0 Å². The summed E-state index contributed by atoms with van der Waals surface area (Å²) in [6.45, 7) is 2.71. The van der Waals surface area contributed by atoms with Crippen LogP contribution in [0.15, 0.2) is 18.2 Å². The van der Waals surface area contributed by atoms with Gasteiger partial charge in [0.1, 0.15) is 0 Å². The molecule has 0 bridgehead atoms. The van der Waals surface area contributed by atoms with Crippen molar-refractivity contribution in [2.24, 2.45) is 0 Å². The zero-order chi connectivity index (χ0) is 11.9. The second-order valence-corrected chi connectivity index (χ2v) is 5.30. The van der Waals surface area contributed by atoms with Crippen molar-refractivity contribution < 1.29 is 4.74 Å². The van der Waals surface area contributed by atoms with Crippen molar-refractivity contribution in [2.45, 2.75) is 25.4 Å². The van der Waals surface area contributed by atoms with E-state index >= 15 is 0 Å². The number of aryl methyl sites for hydroxylation is 2. The fraction of sp³-hybridized carbons (Fsp3) is 0.467. The first-order valence-corrected chi connectivity index (χ1v) is 6.87. The molecule has 3 nitrogen and oxygen atoms in total. The lowest BCUT2D eigenvalue weighted by molar-refractivity contribution is 0.0278. The number of fused-ring (bicyclic) bond motifs is 3. The average Bonchev–Trinajstić information content (AvgIpc) is 2.99. The monoisotopic (exact) mass is 242 g/mol. The highest BCUT2D eigenvalue weighted by atomic mass is 16.5. The minimum atomic E-state index is 0.218. The van der Waals surface area contributed by atoms with Gasteiger partial charge >= 0.3 is 0 Å². The van der Waals surface area contributed by atoms with Crippen LogP contribution >= 0.6 is 0 Å². The van der Waals surface area contributed by atoms with Crippen molar-refractivity contribution in [1.29, 1.82) is 0 Å². The standard InChI is InChI=1S/C15H18N2O/c1-2-11-12-8-10(15-9-16-6-7-18-15)4-5-14(12)17-13(11)3-1/h4-5,8,15-17H,1-3,6-7,9H2. The van der Waals surface area contributed by atoms with E-state index in [1.807, 2.05) is 0 Å². The summed E-state index contributed by atoms with van der Waals surface area (Å²) in [7, 11) is 0. The number of hydrogen-bond acceptors (Lipinski definition) is 2. The Morgan fingerprint density at radius 3 is 3.11 bits per heavy atom. The lowest BCUT2D eigenvalue weighted by Crippen LogP contribution is -2.33. The minimum Gasteiger partial charge on any atom is -0.371 e. The number of H-pyrrole nitrogens is 1.